The first-order valence-corrected chi connectivity index (χ1v) is 6.46. The van der Waals surface area contributed by atoms with E-state index >= 15 is 0 Å². The standard InChI is InChI=1S/C12H15BrN4/c13-11-4-3-6-16-12(11)15-5-1-2-8-17-9-7-14-10-17/h3-4,6-7,9-10H,1-2,5,8H2,(H,15,16). The van der Waals surface area contributed by atoms with E-state index in [-0.39, 0.29) is 0 Å². The summed E-state index contributed by atoms with van der Waals surface area (Å²) >= 11 is 3.46. The number of nitrogens with one attached hydrogen (secondary N) is 1. The fourth-order valence-corrected chi connectivity index (χ4v) is 1.96. The Morgan fingerprint density at radius 3 is 3.00 bits per heavy atom. The third kappa shape index (κ3) is 3.85. The summed E-state index contributed by atoms with van der Waals surface area (Å²) in [4.78, 5) is 8.26. The van der Waals surface area contributed by atoms with Crippen LogP contribution in [0.4, 0.5) is 5.82 Å². The fraction of sp³-hybridized carbons (Fsp3) is 0.333. The molecule has 0 atom stereocenters. The highest BCUT2D eigenvalue weighted by atomic mass is 79.9. The van der Waals surface area contributed by atoms with Gasteiger partial charge in [0.2, 0.25) is 0 Å². The van der Waals surface area contributed by atoms with E-state index in [4.69, 9.17) is 0 Å². The van der Waals surface area contributed by atoms with Gasteiger partial charge in [0.25, 0.3) is 0 Å². The van der Waals surface area contributed by atoms with Crippen LogP contribution in [0.3, 0.4) is 0 Å². The Hall–Kier alpha value is -1.36. The molecule has 1 N–H and O–H groups in total. The zero-order valence-corrected chi connectivity index (χ0v) is 11.1. The van der Waals surface area contributed by atoms with Crippen LogP contribution in [0.15, 0.2) is 41.5 Å². The predicted octanol–water partition coefficient (Wildman–Crippen LogP) is 2.93. The van der Waals surface area contributed by atoms with Crippen LogP contribution < -0.4 is 5.32 Å². The van der Waals surface area contributed by atoms with Gasteiger partial charge in [0, 0.05) is 31.7 Å². The molecular formula is C12H15BrN4. The molecule has 0 saturated carbocycles. The summed E-state index contributed by atoms with van der Waals surface area (Å²) in [5.41, 5.74) is 0. The topological polar surface area (TPSA) is 42.7 Å². The first-order valence-electron chi connectivity index (χ1n) is 5.66. The van der Waals surface area contributed by atoms with Gasteiger partial charge in [-0.05, 0) is 40.9 Å². The normalized spacial score (nSPS) is 10.4. The number of hydrogen-bond acceptors (Lipinski definition) is 3. The molecule has 0 saturated heterocycles. The van der Waals surface area contributed by atoms with Crippen LogP contribution in [-0.4, -0.2) is 21.1 Å². The first-order chi connectivity index (χ1) is 8.36. The van der Waals surface area contributed by atoms with Crippen LogP contribution in [0.25, 0.3) is 0 Å². The molecule has 2 heterocycles. The first kappa shape index (κ1) is 12.1. The van der Waals surface area contributed by atoms with E-state index in [2.05, 4.69) is 35.8 Å². The zero-order valence-electron chi connectivity index (χ0n) is 9.51. The molecule has 17 heavy (non-hydrogen) atoms. The molecule has 90 valence electrons. The van der Waals surface area contributed by atoms with Gasteiger partial charge in [-0.1, -0.05) is 0 Å². The van der Waals surface area contributed by atoms with Crippen molar-refractivity contribution in [1.82, 2.24) is 14.5 Å². The number of hydrogen-bond donors (Lipinski definition) is 1. The number of pyridine rings is 1. The van der Waals surface area contributed by atoms with Gasteiger partial charge in [0.05, 0.1) is 10.8 Å². The van der Waals surface area contributed by atoms with Crippen molar-refractivity contribution in [1.29, 1.82) is 0 Å². The summed E-state index contributed by atoms with van der Waals surface area (Å²) in [5.74, 6) is 0.912. The van der Waals surface area contributed by atoms with Crippen molar-refractivity contribution in [3.63, 3.8) is 0 Å². The second-order valence-electron chi connectivity index (χ2n) is 3.77. The third-order valence-electron chi connectivity index (χ3n) is 2.45. The Labute approximate surface area is 109 Å². The lowest BCUT2D eigenvalue weighted by Gasteiger charge is -2.07. The number of unbranched alkanes of at least 4 members (excludes halogenated alkanes) is 1. The van der Waals surface area contributed by atoms with Gasteiger partial charge < -0.3 is 9.88 Å². The number of rotatable bonds is 6. The van der Waals surface area contributed by atoms with E-state index in [1.54, 1.807) is 6.20 Å². The highest BCUT2D eigenvalue weighted by molar-refractivity contribution is 9.10. The highest BCUT2D eigenvalue weighted by Gasteiger charge is 1.98. The monoisotopic (exact) mass is 294 g/mol. The lowest BCUT2D eigenvalue weighted by Crippen LogP contribution is -2.05. The van der Waals surface area contributed by atoms with Crippen molar-refractivity contribution in [3.8, 4) is 0 Å². The molecule has 2 rings (SSSR count). The summed E-state index contributed by atoms with van der Waals surface area (Å²) in [6.45, 7) is 1.95. The van der Waals surface area contributed by atoms with Gasteiger partial charge in [0.1, 0.15) is 5.82 Å². The number of nitrogens with zero attached hydrogens (tertiary/aromatic N) is 3. The largest absolute Gasteiger partial charge is 0.369 e. The van der Waals surface area contributed by atoms with Crippen LogP contribution in [-0.2, 0) is 6.54 Å². The molecule has 2 aromatic rings. The maximum Gasteiger partial charge on any atom is 0.140 e. The molecule has 0 radical (unpaired) electrons. The Balaban J connectivity index is 1.65. The molecule has 0 fully saturated rings. The van der Waals surface area contributed by atoms with E-state index in [0.717, 1.165) is 36.2 Å². The van der Waals surface area contributed by atoms with Gasteiger partial charge in [-0.25, -0.2) is 9.97 Å². The van der Waals surface area contributed by atoms with E-state index in [9.17, 15) is 0 Å². The van der Waals surface area contributed by atoms with Crippen LogP contribution in [0, 0.1) is 0 Å². The molecule has 5 heteroatoms. The molecule has 0 bridgehead atoms. The molecule has 0 aliphatic heterocycles. The van der Waals surface area contributed by atoms with E-state index < -0.39 is 0 Å². The fourth-order valence-electron chi connectivity index (χ4n) is 1.56. The van der Waals surface area contributed by atoms with Crippen molar-refractivity contribution >= 4 is 21.7 Å². The number of aryl methyl sites for hydroxylation is 1. The average Bonchev–Trinajstić information content (AvgIpc) is 2.84. The smallest absolute Gasteiger partial charge is 0.140 e. The molecule has 0 amide bonds. The summed E-state index contributed by atoms with van der Waals surface area (Å²) in [6, 6.07) is 3.90. The minimum Gasteiger partial charge on any atom is -0.369 e. The number of aromatic nitrogens is 3. The van der Waals surface area contributed by atoms with E-state index in [0.29, 0.717) is 0 Å². The Morgan fingerprint density at radius 2 is 2.24 bits per heavy atom. The number of halogens is 1. The minimum absolute atomic E-state index is 0.912. The summed E-state index contributed by atoms with van der Waals surface area (Å²) in [6.07, 6.45) is 9.68. The van der Waals surface area contributed by atoms with E-state index in [1.807, 2.05) is 30.9 Å². The molecule has 0 aliphatic carbocycles. The maximum atomic E-state index is 4.25. The Morgan fingerprint density at radius 1 is 1.29 bits per heavy atom. The number of anilines is 1. The molecular weight excluding hydrogens is 280 g/mol. The summed E-state index contributed by atoms with van der Waals surface area (Å²) in [5, 5.41) is 3.31. The van der Waals surface area contributed by atoms with Crippen molar-refractivity contribution in [2.75, 3.05) is 11.9 Å². The Bertz CT molecular complexity index is 442. The molecule has 0 aromatic carbocycles. The number of imidazole rings is 1. The SMILES string of the molecule is Brc1cccnc1NCCCCn1ccnc1. The van der Waals surface area contributed by atoms with Crippen molar-refractivity contribution in [2.24, 2.45) is 0 Å². The van der Waals surface area contributed by atoms with Crippen molar-refractivity contribution in [3.05, 3.63) is 41.5 Å². The Kier molecular flexibility index (Phi) is 4.55. The molecule has 0 aliphatic rings. The van der Waals surface area contributed by atoms with Crippen molar-refractivity contribution in [2.45, 2.75) is 19.4 Å². The quantitative estimate of drug-likeness (QED) is 0.833. The third-order valence-corrected chi connectivity index (χ3v) is 3.09. The molecule has 0 spiro atoms. The second kappa shape index (κ2) is 6.39. The molecule has 2 aromatic heterocycles. The van der Waals surface area contributed by atoms with Gasteiger partial charge >= 0.3 is 0 Å². The van der Waals surface area contributed by atoms with Gasteiger partial charge in [-0.2, -0.15) is 0 Å². The van der Waals surface area contributed by atoms with E-state index in [1.165, 1.54) is 0 Å². The lowest BCUT2D eigenvalue weighted by atomic mass is 10.3. The van der Waals surface area contributed by atoms with Crippen LogP contribution in [0.5, 0.6) is 0 Å². The maximum absolute atomic E-state index is 4.25. The molecule has 4 nitrogen and oxygen atoms in total. The average molecular weight is 295 g/mol. The van der Waals surface area contributed by atoms with Crippen LogP contribution in [0.2, 0.25) is 0 Å². The zero-order chi connectivity index (χ0) is 11.9. The summed E-state index contributed by atoms with van der Waals surface area (Å²) < 4.78 is 3.10. The highest BCUT2D eigenvalue weighted by Crippen LogP contribution is 2.17. The second-order valence-corrected chi connectivity index (χ2v) is 4.62. The van der Waals surface area contributed by atoms with Gasteiger partial charge in [-0.15, -0.1) is 0 Å². The van der Waals surface area contributed by atoms with Gasteiger partial charge in [-0.3, -0.25) is 0 Å². The van der Waals surface area contributed by atoms with Crippen LogP contribution in [0.1, 0.15) is 12.8 Å². The molecule has 0 unspecified atom stereocenters. The van der Waals surface area contributed by atoms with Crippen molar-refractivity contribution < 1.29 is 0 Å². The predicted molar refractivity (Wildman–Crippen MR) is 71.9 cm³/mol. The van der Waals surface area contributed by atoms with Crippen LogP contribution >= 0.6 is 15.9 Å². The lowest BCUT2D eigenvalue weighted by molar-refractivity contribution is 0.620. The summed E-state index contributed by atoms with van der Waals surface area (Å²) in [7, 11) is 0. The minimum atomic E-state index is 0.912. The van der Waals surface area contributed by atoms with Gasteiger partial charge in [0.15, 0.2) is 0 Å².